The van der Waals surface area contributed by atoms with Gasteiger partial charge in [0.15, 0.2) is 0 Å². The molecule has 0 heterocycles. The van der Waals surface area contributed by atoms with Gasteiger partial charge >= 0.3 is 0 Å². The summed E-state index contributed by atoms with van der Waals surface area (Å²) in [6.45, 7) is 0. The smallest absolute Gasteiger partial charge is 0.0722 e. The van der Waals surface area contributed by atoms with Crippen LogP contribution in [0.15, 0.2) is 188 Å². The van der Waals surface area contributed by atoms with Gasteiger partial charge in [0.1, 0.15) is 0 Å². The van der Waals surface area contributed by atoms with Crippen molar-refractivity contribution in [3.8, 4) is 33.4 Å². The molecule has 7 aromatic rings. The lowest BCUT2D eigenvalue weighted by Gasteiger charge is -2.38. The van der Waals surface area contributed by atoms with Crippen LogP contribution in [-0.4, -0.2) is 6.04 Å². The molecule has 7 aromatic carbocycles. The van der Waals surface area contributed by atoms with E-state index in [0.29, 0.717) is 0 Å². The second kappa shape index (κ2) is 11.7. The van der Waals surface area contributed by atoms with Crippen molar-refractivity contribution in [2.75, 3.05) is 4.90 Å². The van der Waals surface area contributed by atoms with Gasteiger partial charge in [-0.05, 0) is 110 Å². The first kappa shape index (κ1) is 31.2. The van der Waals surface area contributed by atoms with E-state index in [4.69, 9.17) is 0 Å². The number of fused-ring (bicyclic) bond motifs is 14. The fraction of sp³-hybridized carbons (Fsp3) is 0.148. The zero-order valence-corrected chi connectivity index (χ0v) is 30.9. The minimum absolute atomic E-state index is 0.102. The lowest BCUT2D eigenvalue weighted by molar-refractivity contribution is 0.550. The monoisotopic (exact) mass is 703 g/mol. The maximum Gasteiger partial charge on any atom is 0.0722 e. The topological polar surface area (TPSA) is 3.24 Å². The molecule has 1 heteroatoms. The average molecular weight is 704 g/mol. The molecule has 0 N–H and O–H groups in total. The summed E-state index contributed by atoms with van der Waals surface area (Å²) in [5, 5.41) is 0. The van der Waals surface area contributed by atoms with Crippen LogP contribution in [0.3, 0.4) is 0 Å². The normalized spacial score (nSPS) is 18.5. The highest BCUT2D eigenvalue weighted by molar-refractivity contribution is 5.97. The van der Waals surface area contributed by atoms with E-state index in [1.54, 1.807) is 0 Å². The van der Waals surface area contributed by atoms with Crippen LogP contribution in [0.25, 0.3) is 39.0 Å². The van der Waals surface area contributed by atoms with Gasteiger partial charge in [0.05, 0.1) is 11.5 Å². The van der Waals surface area contributed by atoms with Gasteiger partial charge in [0.2, 0.25) is 0 Å². The number of allylic oxidation sites excluding steroid dienone is 2. The van der Waals surface area contributed by atoms with E-state index >= 15 is 0 Å². The first-order chi connectivity index (χ1) is 27.3. The zero-order chi connectivity index (χ0) is 36.1. The predicted octanol–water partition coefficient (Wildman–Crippen LogP) is 13.4. The van der Waals surface area contributed by atoms with Gasteiger partial charge in [0.25, 0.3) is 0 Å². The Morgan fingerprint density at radius 1 is 0.455 bits per heavy atom. The van der Waals surface area contributed by atoms with E-state index < -0.39 is 0 Å². The molecule has 0 aliphatic heterocycles. The third-order valence-corrected chi connectivity index (χ3v) is 13.8. The minimum Gasteiger partial charge on any atom is -0.334 e. The van der Waals surface area contributed by atoms with E-state index in [0.717, 1.165) is 6.42 Å². The minimum atomic E-state index is -0.318. The van der Waals surface area contributed by atoms with Gasteiger partial charge in [-0.25, -0.2) is 0 Å². The molecular weight excluding hydrogens is 663 g/mol. The quantitative estimate of drug-likeness (QED) is 0.176. The Kier molecular flexibility index (Phi) is 6.61. The molecule has 1 fully saturated rings. The highest BCUT2D eigenvalue weighted by Crippen LogP contribution is 2.64. The lowest BCUT2D eigenvalue weighted by Crippen LogP contribution is -2.33. The van der Waals surface area contributed by atoms with Crippen LogP contribution in [0.1, 0.15) is 65.5 Å². The summed E-state index contributed by atoms with van der Waals surface area (Å²) in [6.07, 6.45) is 11.0. The number of anilines is 2. The van der Waals surface area contributed by atoms with Gasteiger partial charge in [-0.1, -0.05) is 177 Å². The van der Waals surface area contributed by atoms with Gasteiger partial charge in [0, 0.05) is 22.4 Å². The Labute approximate surface area is 324 Å². The van der Waals surface area contributed by atoms with Gasteiger partial charge < -0.3 is 4.90 Å². The first-order valence-corrected chi connectivity index (χ1v) is 20.2. The number of benzene rings is 7. The number of rotatable bonds is 4. The SMILES string of the molecule is C1=CC(N(c2ccc3c(c2)C2(CCCC2)c2ccccc2-3)c2ccccc2-c2ccccc2)CC2=C1C1(c3ccccc32)c2ccccc2-c2ccccc21. The molecule has 12 rings (SSSR count). The molecule has 2 spiro atoms. The Balaban J connectivity index is 1.06. The molecule has 0 amide bonds. The van der Waals surface area contributed by atoms with Crippen molar-refractivity contribution in [3.05, 3.63) is 221 Å². The Hall–Kier alpha value is -6.18. The molecule has 0 radical (unpaired) electrons. The molecule has 55 heavy (non-hydrogen) atoms. The molecule has 0 bridgehead atoms. The van der Waals surface area contributed by atoms with E-state index in [-0.39, 0.29) is 16.9 Å². The van der Waals surface area contributed by atoms with Gasteiger partial charge in [-0.3, -0.25) is 0 Å². The molecule has 0 saturated heterocycles. The molecule has 1 nitrogen and oxygen atoms in total. The molecule has 0 aromatic heterocycles. The van der Waals surface area contributed by atoms with E-state index in [1.807, 2.05) is 0 Å². The molecule has 5 aliphatic rings. The van der Waals surface area contributed by atoms with Crippen molar-refractivity contribution < 1.29 is 0 Å². The average Bonchev–Trinajstić information content (AvgIpc) is 4.01. The third-order valence-electron chi connectivity index (χ3n) is 13.8. The summed E-state index contributed by atoms with van der Waals surface area (Å²) in [7, 11) is 0. The molecule has 1 unspecified atom stereocenters. The number of hydrogen-bond acceptors (Lipinski definition) is 1. The van der Waals surface area contributed by atoms with Crippen LogP contribution in [0.2, 0.25) is 0 Å². The van der Waals surface area contributed by atoms with Crippen molar-refractivity contribution in [3.63, 3.8) is 0 Å². The predicted molar refractivity (Wildman–Crippen MR) is 228 cm³/mol. The number of para-hydroxylation sites is 1. The fourth-order valence-corrected chi connectivity index (χ4v) is 11.7. The van der Waals surface area contributed by atoms with Crippen LogP contribution >= 0.6 is 0 Å². The summed E-state index contributed by atoms with van der Waals surface area (Å²) >= 11 is 0. The van der Waals surface area contributed by atoms with E-state index in [9.17, 15) is 0 Å². The second-order valence-electron chi connectivity index (χ2n) is 16.2. The fourth-order valence-electron chi connectivity index (χ4n) is 11.7. The number of nitrogens with zero attached hydrogens (tertiary/aromatic N) is 1. The maximum absolute atomic E-state index is 2.68. The van der Waals surface area contributed by atoms with Crippen LogP contribution in [0, 0.1) is 0 Å². The van der Waals surface area contributed by atoms with Gasteiger partial charge in [-0.15, -0.1) is 0 Å². The summed E-state index contributed by atoms with van der Waals surface area (Å²) in [5.74, 6) is 0. The van der Waals surface area contributed by atoms with Crippen LogP contribution in [-0.2, 0) is 10.8 Å². The second-order valence-corrected chi connectivity index (χ2v) is 16.2. The number of hydrogen-bond donors (Lipinski definition) is 0. The van der Waals surface area contributed by atoms with Gasteiger partial charge in [-0.2, -0.15) is 0 Å². The van der Waals surface area contributed by atoms with Crippen LogP contribution in [0.4, 0.5) is 11.4 Å². The third kappa shape index (κ3) is 4.13. The molecule has 262 valence electrons. The standard InChI is InChI=1S/C54H41N/c1-2-16-36(17-3-1)39-18-8-13-27-52(39)55(38-28-30-44-40-19-4-9-23-46(40)53(51(44)35-38)32-14-15-33-53)37-29-31-50-45(34-37)43-22-7-12-26-49(43)54(50)47-24-10-5-20-41(47)42-21-6-11-25-48(42)54/h1-13,16-31,35,37H,14-15,32-34H2. The Morgan fingerprint density at radius 3 is 1.67 bits per heavy atom. The largest absolute Gasteiger partial charge is 0.334 e. The van der Waals surface area contributed by atoms with Crippen LogP contribution in [0.5, 0.6) is 0 Å². The van der Waals surface area contributed by atoms with Crippen molar-refractivity contribution in [1.82, 2.24) is 0 Å². The highest BCUT2D eigenvalue weighted by Gasteiger charge is 2.53. The lowest BCUT2D eigenvalue weighted by atomic mass is 9.69. The van der Waals surface area contributed by atoms with Crippen molar-refractivity contribution >= 4 is 16.9 Å². The van der Waals surface area contributed by atoms with E-state index in [1.165, 1.54) is 115 Å². The van der Waals surface area contributed by atoms with Crippen molar-refractivity contribution in [1.29, 1.82) is 0 Å². The molecule has 1 saturated carbocycles. The Morgan fingerprint density at radius 2 is 0.982 bits per heavy atom. The highest BCUT2D eigenvalue weighted by atomic mass is 15.2. The Bertz CT molecular complexity index is 2710. The van der Waals surface area contributed by atoms with Crippen molar-refractivity contribution in [2.24, 2.45) is 0 Å². The van der Waals surface area contributed by atoms with Crippen LogP contribution < -0.4 is 4.90 Å². The van der Waals surface area contributed by atoms with E-state index in [2.05, 4.69) is 187 Å². The molecule has 5 aliphatic carbocycles. The molecule has 1 atom stereocenters. The molecular formula is C54H41N. The zero-order valence-electron chi connectivity index (χ0n) is 30.9. The maximum atomic E-state index is 2.68. The summed E-state index contributed by atoms with van der Waals surface area (Å²) in [5.41, 5.74) is 22.0. The summed E-state index contributed by atoms with van der Waals surface area (Å²) in [6, 6.07) is 64.4. The summed E-state index contributed by atoms with van der Waals surface area (Å²) < 4.78 is 0. The first-order valence-electron chi connectivity index (χ1n) is 20.2. The summed E-state index contributed by atoms with van der Waals surface area (Å²) in [4.78, 5) is 2.68. The van der Waals surface area contributed by atoms with Crippen molar-refractivity contribution in [2.45, 2.75) is 49.0 Å².